The maximum Gasteiger partial charge on any atom is 0.0475 e. The van der Waals surface area contributed by atoms with Crippen molar-refractivity contribution in [1.29, 1.82) is 0 Å². The van der Waals surface area contributed by atoms with Crippen LogP contribution in [0.1, 0.15) is 0 Å². The highest BCUT2D eigenvalue weighted by atomic mass is 35.5. The largest absolute Gasteiger partial charge is 0.147 e. The van der Waals surface area contributed by atoms with Crippen LogP contribution in [0.2, 0.25) is 0 Å². The molecule has 1 rings (SSSR count). The van der Waals surface area contributed by atoms with E-state index in [0.717, 1.165) is 0 Å². The molecule has 3 heteroatoms. The Hall–Kier alpha value is 0.730. The summed E-state index contributed by atoms with van der Waals surface area (Å²) in [6.45, 7) is 0. The molecule has 0 N–H and O–H groups in total. The van der Waals surface area contributed by atoms with Crippen LogP contribution in [0.15, 0.2) is 10.8 Å². The van der Waals surface area contributed by atoms with Crippen LogP contribution >= 0.6 is 35.9 Å². The SMILES string of the molecule is C1=CSCS1.Cl. The van der Waals surface area contributed by atoms with Gasteiger partial charge in [-0.05, 0) is 10.8 Å². The fraction of sp³-hybridized carbons (Fsp3) is 0.333. The van der Waals surface area contributed by atoms with Gasteiger partial charge in [-0.15, -0.1) is 35.9 Å². The molecule has 0 bridgehead atoms. The number of thioether (sulfide) groups is 2. The molecular formula is C3H5ClS2. The normalized spacial score (nSPS) is 17.3. The van der Waals surface area contributed by atoms with E-state index in [2.05, 4.69) is 10.8 Å². The molecule has 1 aliphatic rings. The number of halogens is 1. The predicted octanol–water partition coefficient (Wildman–Crippen LogP) is 2.32. The first-order chi connectivity index (χ1) is 2.50. The lowest BCUT2D eigenvalue weighted by Gasteiger charge is -1.69. The summed E-state index contributed by atoms with van der Waals surface area (Å²) in [7, 11) is 0. The highest BCUT2D eigenvalue weighted by Gasteiger charge is 1.85. The summed E-state index contributed by atoms with van der Waals surface area (Å²) in [6, 6.07) is 0. The van der Waals surface area contributed by atoms with Crippen LogP contribution in [-0.2, 0) is 0 Å². The smallest absolute Gasteiger partial charge is 0.0475 e. The molecule has 0 nitrogen and oxygen atoms in total. The molecule has 0 fully saturated rings. The Morgan fingerprint density at radius 3 is 1.83 bits per heavy atom. The molecule has 0 aromatic heterocycles. The number of rotatable bonds is 0. The summed E-state index contributed by atoms with van der Waals surface area (Å²) in [5.74, 6) is 0. The monoisotopic (exact) mass is 140 g/mol. The summed E-state index contributed by atoms with van der Waals surface area (Å²) in [6.07, 6.45) is 0. The van der Waals surface area contributed by atoms with E-state index in [-0.39, 0.29) is 12.4 Å². The van der Waals surface area contributed by atoms with Crippen LogP contribution in [0.25, 0.3) is 0 Å². The van der Waals surface area contributed by atoms with Gasteiger partial charge >= 0.3 is 0 Å². The van der Waals surface area contributed by atoms with Gasteiger partial charge in [0.25, 0.3) is 0 Å². The van der Waals surface area contributed by atoms with Crippen LogP contribution in [-0.4, -0.2) is 5.08 Å². The molecule has 0 aromatic carbocycles. The molecule has 0 spiro atoms. The van der Waals surface area contributed by atoms with Crippen LogP contribution in [0.4, 0.5) is 0 Å². The standard InChI is InChI=1S/C3H4S2.ClH/c1-2-5-3-4-1;/h1-2H,3H2;1H. The van der Waals surface area contributed by atoms with Crippen molar-refractivity contribution in [3.63, 3.8) is 0 Å². The van der Waals surface area contributed by atoms with Crippen LogP contribution < -0.4 is 0 Å². The molecular weight excluding hydrogens is 136 g/mol. The average Bonchev–Trinajstić information content (AvgIpc) is 1.76. The van der Waals surface area contributed by atoms with Gasteiger partial charge in [-0.3, -0.25) is 0 Å². The van der Waals surface area contributed by atoms with Gasteiger partial charge in [0.05, 0.1) is 0 Å². The highest BCUT2D eigenvalue weighted by Crippen LogP contribution is 2.22. The molecule has 0 aliphatic carbocycles. The summed E-state index contributed by atoms with van der Waals surface area (Å²) in [5, 5.41) is 5.45. The van der Waals surface area contributed by atoms with Crippen molar-refractivity contribution in [2.75, 3.05) is 5.08 Å². The Balaban J connectivity index is 0.000000250. The Bertz CT molecular complexity index is 46.8. The van der Waals surface area contributed by atoms with Crippen molar-refractivity contribution < 1.29 is 0 Å². The second-order valence-electron chi connectivity index (χ2n) is 0.723. The van der Waals surface area contributed by atoms with Gasteiger partial charge in [0.15, 0.2) is 0 Å². The second-order valence-corrected chi connectivity index (χ2v) is 2.88. The van der Waals surface area contributed by atoms with Crippen molar-refractivity contribution in [3.8, 4) is 0 Å². The average molecular weight is 141 g/mol. The quantitative estimate of drug-likeness (QED) is 0.507. The van der Waals surface area contributed by atoms with E-state index in [1.165, 1.54) is 5.08 Å². The van der Waals surface area contributed by atoms with Gasteiger partial charge in [-0.25, -0.2) is 0 Å². The third kappa shape index (κ3) is 2.00. The topological polar surface area (TPSA) is 0 Å². The summed E-state index contributed by atoms with van der Waals surface area (Å²) in [4.78, 5) is 0. The fourth-order valence-electron chi connectivity index (χ4n) is 0.196. The molecule has 6 heavy (non-hydrogen) atoms. The van der Waals surface area contributed by atoms with Gasteiger partial charge in [-0.2, -0.15) is 0 Å². The lowest BCUT2D eigenvalue weighted by Crippen LogP contribution is -1.42. The van der Waals surface area contributed by atoms with Crippen LogP contribution in [0, 0.1) is 0 Å². The van der Waals surface area contributed by atoms with E-state index >= 15 is 0 Å². The van der Waals surface area contributed by atoms with Crippen LogP contribution in [0.3, 0.4) is 0 Å². The minimum Gasteiger partial charge on any atom is -0.147 e. The van der Waals surface area contributed by atoms with E-state index in [0.29, 0.717) is 0 Å². The van der Waals surface area contributed by atoms with Crippen molar-refractivity contribution >= 4 is 35.9 Å². The molecule has 36 valence electrons. The molecule has 0 saturated carbocycles. The molecule has 0 saturated heterocycles. The van der Waals surface area contributed by atoms with E-state index in [4.69, 9.17) is 0 Å². The molecule has 1 aliphatic heterocycles. The number of hydrogen-bond acceptors (Lipinski definition) is 2. The molecule has 1 heterocycles. The molecule has 0 atom stereocenters. The zero-order valence-corrected chi connectivity index (χ0v) is 5.54. The van der Waals surface area contributed by atoms with Gasteiger partial charge in [0, 0.05) is 5.08 Å². The zero-order valence-electron chi connectivity index (χ0n) is 3.09. The first-order valence-corrected chi connectivity index (χ1v) is 3.48. The van der Waals surface area contributed by atoms with Gasteiger partial charge in [0.2, 0.25) is 0 Å². The van der Waals surface area contributed by atoms with Crippen molar-refractivity contribution in [1.82, 2.24) is 0 Å². The maximum atomic E-state index is 2.12. The Morgan fingerprint density at radius 2 is 1.67 bits per heavy atom. The Labute approximate surface area is 52.2 Å². The third-order valence-corrected chi connectivity index (χ3v) is 2.30. The van der Waals surface area contributed by atoms with Crippen molar-refractivity contribution in [2.45, 2.75) is 0 Å². The summed E-state index contributed by atoms with van der Waals surface area (Å²) < 4.78 is 0. The minimum absolute atomic E-state index is 0. The summed E-state index contributed by atoms with van der Waals surface area (Å²) >= 11 is 3.71. The van der Waals surface area contributed by atoms with E-state index in [1.807, 2.05) is 23.5 Å². The molecule has 0 radical (unpaired) electrons. The Kier molecular flexibility index (Phi) is 4.38. The molecule has 0 amide bonds. The van der Waals surface area contributed by atoms with Gasteiger partial charge in [0.1, 0.15) is 0 Å². The maximum absolute atomic E-state index is 2.12. The third-order valence-electron chi connectivity index (χ3n) is 0.384. The number of hydrogen-bond donors (Lipinski definition) is 0. The summed E-state index contributed by atoms with van der Waals surface area (Å²) in [5.41, 5.74) is 0. The highest BCUT2D eigenvalue weighted by molar-refractivity contribution is 8.21. The Morgan fingerprint density at radius 1 is 1.17 bits per heavy atom. The lowest BCUT2D eigenvalue weighted by atomic mass is 11.3. The first kappa shape index (κ1) is 6.73. The zero-order chi connectivity index (χ0) is 3.54. The van der Waals surface area contributed by atoms with E-state index in [1.54, 1.807) is 0 Å². The van der Waals surface area contributed by atoms with E-state index < -0.39 is 0 Å². The lowest BCUT2D eigenvalue weighted by molar-refractivity contribution is 2.33. The van der Waals surface area contributed by atoms with Gasteiger partial charge in [-0.1, -0.05) is 0 Å². The fourth-order valence-corrected chi connectivity index (χ4v) is 1.77. The first-order valence-electron chi connectivity index (χ1n) is 1.38. The predicted molar refractivity (Wildman–Crippen MR) is 36.4 cm³/mol. The van der Waals surface area contributed by atoms with Crippen molar-refractivity contribution in [2.24, 2.45) is 0 Å². The minimum atomic E-state index is 0. The second kappa shape index (κ2) is 3.90. The van der Waals surface area contributed by atoms with E-state index in [9.17, 15) is 0 Å². The molecule has 0 unspecified atom stereocenters. The van der Waals surface area contributed by atoms with Crippen molar-refractivity contribution in [3.05, 3.63) is 10.8 Å². The van der Waals surface area contributed by atoms with Crippen LogP contribution in [0.5, 0.6) is 0 Å². The van der Waals surface area contributed by atoms with Gasteiger partial charge < -0.3 is 0 Å². The molecule has 0 aromatic rings.